The van der Waals surface area contributed by atoms with Gasteiger partial charge in [-0.2, -0.15) is 4.98 Å². The van der Waals surface area contributed by atoms with Gasteiger partial charge in [0.25, 0.3) is 0 Å². The standard InChI is InChI=1S/C13H14ClN3O2S/c14-9-3-1-2-4-10(9)20-7-11-16-12(19-17-11)13(15)5-6-18-8-13/h1-4H,5-8,15H2. The van der Waals surface area contributed by atoms with E-state index in [-0.39, 0.29) is 0 Å². The molecule has 1 atom stereocenters. The monoisotopic (exact) mass is 311 g/mol. The Bertz CT molecular complexity index is 599. The predicted octanol–water partition coefficient (Wildman–Crippen LogP) is 2.59. The first-order valence-electron chi connectivity index (χ1n) is 6.24. The number of hydrogen-bond donors (Lipinski definition) is 1. The summed E-state index contributed by atoms with van der Waals surface area (Å²) in [6, 6.07) is 7.66. The topological polar surface area (TPSA) is 74.2 Å². The van der Waals surface area contributed by atoms with E-state index in [0.29, 0.717) is 37.1 Å². The van der Waals surface area contributed by atoms with Crippen LogP contribution < -0.4 is 5.73 Å². The summed E-state index contributed by atoms with van der Waals surface area (Å²) in [5.41, 5.74) is 5.54. The molecule has 1 aromatic heterocycles. The first kappa shape index (κ1) is 13.9. The van der Waals surface area contributed by atoms with Gasteiger partial charge in [0.05, 0.1) is 17.4 Å². The minimum absolute atomic E-state index is 0.423. The highest BCUT2D eigenvalue weighted by Crippen LogP contribution is 2.30. The van der Waals surface area contributed by atoms with E-state index in [1.165, 1.54) is 0 Å². The van der Waals surface area contributed by atoms with Crippen molar-refractivity contribution in [3.8, 4) is 0 Å². The lowest BCUT2D eigenvalue weighted by Crippen LogP contribution is -2.37. The van der Waals surface area contributed by atoms with Gasteiger partial charge in [0, 0.05) is 11.5 Å². The van der Waals surface area contributed by atoms with Crippen molar-refractivity contribution in [2.24, 2.45) is 5.73 Å². The smallest absolute Gasteiger partial charge is 0.249 e. The molecule has 2 heterocycles. The molecule has 0 amide bonds. The van der Waals surface area contributed by atoms with Crippen LogP contribution >= 0.6 is 23.4 Å². The maximum atomic E-state index is 6.18. The molecule has 0 aliphatic carbocycles. The molecular weight excluding hydrogens is 298 g/mol. The number of nitrogens with zero attached hydrogens (tertiary/aromatic N) is 2. The Labute approximate surface area is 125 Å². The summed E-state index contributed by atoms with van der Waals surface area (Å²) < 4.78 is 10.6. The van der Waals surface area contributed by atoms with Crippen molar-refractivity contribution < 1.29 is 9.26 Å². The highest BCUT2D eigenvalue weighted by Gasteiger charge is 2.38. The number of rotatable bonds is 4. The van der Waals surface area contributed by atoms with Crippen LogP contribution in [0, 0.1) is 0 Å². The molecule has 1 unspecified atom stereocenters. The first-order chi connectivity index (χ1) is 9.67. The second-order valence-electron chi connectivity index (χ2n) is 4.69. The van der Waals surface area contributed by atoms with Gasteiger partial charge in [-0.15, -0.1) is 11.8 Å². The van der Waals surface area contributed by atoms with Crippen molar-refractivity contribution in [1.82, 2.24) is 10.1 Å². The molecule has 0 radical (unpaired) electrons. The number of thioether (sulfide) groups is 1. The number of nitrogens with two attached hydrogens (primary N) is 1. The summed E-state index contributed by atoms with van der Waals surface area (Å²) in [7, 11) is 0. The normalized spacial score (nSPS) is 22.3. The van der Waals surface area contributed by atoms with Crippen LogP contribution in [0.25, 0.3) is 0 Å². The molecule has 1 aliphatic heterocycles. The van der Waals surface area contributed by atoms with Gasteiger partial charge in [-0.3, -0.25) is 0 Å². The van der Waals surface area contributed by atoms with Crippen molar-refractivity contribution in [1.29, 1.82) is 0 Å². The molecule has 1 aliphatic rings. The van der Waals surface area contributed by atoms with Crippen molar-refractivity contribution in [3.63, 3.8) is 0 Å². The molecule has 0 saturated carbocycles. The SMILES string of the molecule is NC1(c2nc(CSc3ccccc3Cl)no2)CCOC1. The third-order valence-electron chi connectivity index (χ3n) is 3.14. The first-order valence-corrected chi connectivity index (χ1v) is 7.61. The average Bonchev–Trinajstić information content (AvgIpc) is 3.08. The summed E-state index contributed by atoms with van der Waals surface area (Å²) in [5, 5.41) is 4.69. The van der Waals surface area contributed by atoms with E-state index in [4.69, 9.17) is 26.6 Å². The van der Waals surface area contributed by atoms with Crippen LogP contribution in [0.4, 0.5) is 0 Å². The largest absolute Gasteiger partial charge is 0.379 e. The van der Waals surface area contributed by atoms with Crippen molar-refractivity contribution >= 4 is 23.4 Å². The van der Waals surface area contributed by atoms with Crippen LogP contribution in [0.2, 0.25) is 5.02 Å². The Kier molecular flexibility index (Phi) is 3.98. The highest BCUT2D eigenvalue weighted by atomic mass is 35.5. The summed E-state index contributed by atoms with van der Waals surface area (Å²) in [5.74, 6) is 1.65. The minimum Gasteiger partial charge on any atom is -0.379 e. The lowest BCUT2D eigenvalue weighted by atomic mass is 10.0. The average molecular weight is 312 g/mol. The number of ether oxygens (including phenoxy) is 1. The lowest BCUT2D eigenvalue weighted by Gasteiger charge is -2.14. The Morgan fingerprint density at radius 1 is 1.40 bits per heavy atom. The van der Waals surface area contributed by atoms with Crippen molar-refractivity contribution in [2.45, 2.75) is 22.6 Å². The maximum Gasteiger partial charge on any atom is 0.249 e. The number of hydrogen-bond acceptors (Lipinski definition) is 6. The van der Waals surface area contributed by atoms with Gasteiger partial charge in [-0.1, -0.05) is 28.9 Å². The van der Waals surface area contributed by atoms with E-state index in [1.807, 2.05) is 24.3 Å². The summed E-state index contributed by atoms with van der Waals surface area (Å²) >= 11 is 7.67. The zero-order chi connectivity index (χ0) is 14.0. The Balaban J connectivity index is 1.67. The molecule has 0 spiro atoms. The molecule has 1 aromatic carbocycles. The third kappa shape index (κ3) is 2.83. The number of benzene rings is 1. The maximum absolute atomic E-state index is 6.18. The highest BCUT2D eigenvalue weighted by molar-refractivity contribution is 7.98. The van der Waals surface area contributed by atoms with Crippen molar-refractivity contribution in [3.05, 3.63) is 41.0 Å². The zero-order valence-electron chi connectivity index (χ0n) is 10.7. The van der Waals surface area contributed by atoms with E-state index in [2.05, 4.69) is 10.1 Å². The molecule has 20 heavy (non-hydrogen) atoms. The molecule has 1 fully saturated rings. The van der Waals surface area contributed by atoms with Crippen LogP contribution in [0.1, 0.15) is 18.1 Å². The van der Waals surface area contributed by atoms with Gasteiger partial charge >= 0.3 is 0 Å². The fraction of sp³-hybridized carbons (Fsp3) is 0.385. The Morgan fingerprint density at radius 2 is 2.25 bits per heavy atom. The van der Waals surface area contributed by atoms with E-state index in [1.54, 1.807) is 11.8 Å². The van der Waals surface area contributed by atoms with Crippen LogP contribution in [0.3, 0.4) is 0 Å². The van der Waals surface area contributed by atoms with Crippen LogP contribution in [-0.2, 0) is 16.0 Å². The van der Waals surface area contributed by atoms with E-state index in [0.717, 1.165) is 9.92 Å². The van der Waals surface area contributed by atoms with Crippen molar-refractivity contribution in [2.75, 3.05) is 13.2 Å². The van der Waals surface area contributed by atoms with E-state index in [9.17, 15) is 0 Å². The molecule has 3 rings (SSSR count). The quantitative estimate of drug-likeness (QED) is 0.875. The van der Waals surface area contributed by atoms with E-state index < -0.39 is 5.54 Å². The molecule has 5 nitrogen and oxygen atoms in total. The lowest BCUT2D eigenvalue weighted by molar-refractivity contribution is 0.166. The third-order valence-corrected chi connectivity index (χ3v) is 4.65. The van der Waals surface area contributed by atoms with Gasteiger partial charge in [0.15, 0.2) is 5.82 Å². The van der Waals surface area contributed by atoms with Crippen LogP contribution in [0.5, 0.6) is 0 Å². The second-order valence-corrected chi connectivity index (χ2v) is 6.12. The number of halogens is 1. The van der Waals surface area contributed by atoms with Crippen LogP contribution in [-0.4, -0.2) is 23.4 Å². The molecule has 7 heteroatoms. The molecule has 0 bridgehead atoms. The van der Waals surface area contributed by atoms with Gasteiger partial charge in [0.2, 0.25) is 5.89 Å². The zero-order valence-corrected chi connectivity index (χ0v) is 12.3. The van der Waals surface area contributed by atoms with Crippen LogP contribution in [0.15, 0.2) is 33.7 Å². The second kappa shape index (κ2) is 5.73. The Morgan fingerprint density at radius 3 is 3.00 bits per heavy atom. The van der Waals surface area contributed by atoms with Gasteiger partial charge in [-0.25, -0.2) is 0 Å². The van der Waals surface area contributed by atoms with E-state index >= 15 is 0 Å². The molecule has 2 aromatic rings. The summed E-state index contributed by atoms with van der Waals surface area (Å²) in [6.45, 7) is 1.05. The van der Waals surface area contributed by atoms with Gasteiger partial charge < -0.3 is 15.0 Å². The summed E-state index contributed by atoms with van der Waals surface area (Å²) in [6.07, 6.45) is 0.701. The Hall–Kier alpha value is -1.08. The molecular formula is C13H14ClN3O2S. The fourth-order valence-electron chi connectivity index (χ4n) is 1.97. The fourth-order valence-corrected chi connectivity index (χ4v) is 3.05. The van der Waals surface area contributed by atoms with Gasteiger partial charge in [-0.05, 0) is 18.6 Å². The molecule has 2 N–H and O–H groups in total. The molecule has 1 saturated heterocycles. The predicted molar refractivity (Wildman–Crippen MR) is 76.6 cm³/mol. The summed E-state index contributed by atoms with van der Waals surface area (Å²) in [4.78, 5) is 5.35. The molecule has 106 valence electrons. The number of aromatic nitrogens is 2. The van der Waals surface area contributed by atoms with Gasteiger partial charge in [0.1, 0.15) is 5.54 Å². The minimum atomic E-state index is -0.639.